The minimum absolute atomic E-state index is 0.232. The summed E-state index contributed by atoms with van der Waals surface area (Å²) in [4.78, 5) is 32.6. The Hall–Kier alpha value is -2.83. The van der Waals surface area contributed by atoms with Crippen molar-refractivity contribution in [3.8, 4) is 5.75 Å². The lowest BCUT2D eigenvalue weighted by Crippen LogP contribution is -2.46. The van der Waals surface area contributed by atoms with E-state index in [1.807, 2.05) is 53.4 Å². The van der Waals surface area contributed by atoms with E-state index in [2.05, 4.69) is 11.9 Å². The lowest BCUT2D eigenvalue weighted by Gasteiger charge is -2.34. The molecule has 2 aliphatic rings. The van der Waals surface area contributed by atoms with Gasteiger partial charge in [-0.3, -0.25) is 14.5 Å². The zero-order valence-corrected chi connectivity index (χ0v) is 18.6. The highest BCUT2D eigenvalue weighted by Gasteiger charge is 2.42. The van der Waals surface area contributed by atoms with E-state index in [-0.39, 0.29) is 11.8 Å². The minimum Gasteiger partial charge on any atom is -0.496 e. The van der Waals surface area contributed by atoms with Crippen molar-refractivity contribution in [3.05, 3.63) is 70.4 Å². The normalized spacial score (nSPS) is 17.6. The van der Waals surface area contributed by atoms with Crippen LogP contribution in [0.4, 0.5) is 0 Å². The van der Waals surface area contributed by atoms with E-state index in [1.165, 1.54) is 4.90 Å². The van der Waals surface area contributed by atoms with Crippen molar-refractivity contribution in [3.63, 3.8) is 0 Å². The Balaban J connectivity index is 1.67. The number of imide groups is 1. The molecule has 0 spiro atoms. The molecule has 0 unspecified atom stereocenters. The standard InChI is InChI=1S/C24H26ClN3O3/c1-26-13-15-27(16-14-26)22-21(19-5-3-4-6-20(19)31-2)23(29)28(24(22)30)12-11-17-7-9-18(25)10-8-17/h3-10H,11-16H2,1-2H3. The average Bonchev–Trinajstić information content (AvgIpc) is 3.03. The molecule has 0 N–H and O–H groups in total. The van der Waals surface area contributed by atoms with Crippen LogP contribution in [0.2, 0.25) is 5.02 Å². The Morgan fingerprint density at radius 2 is 1.61 bits per heavy atom. The molecule has 2 heterocycles. The summed E-state index contributed by atoms with van der Waals surface area (Å²) in [5.74, 6) is 0.0895. The van der Waals surface area contributed by atoms with Crippen LogP contribution in [-0.4, -0.2) is 73.4 Å². The highest BCUT2D eigenvalue weighted by molar-refractivity contribution is 6.36. The van der Waals surface area contributed by atoms with Gasteiger partial charge in [-0.2, -0.15) is 0 Å². The van der Waals surface area contributed by atoms with Gasteiger partial charge in [-0.15, -0.1) is 0 Å². The lowest BCUT2D eigenvalue weighted by molar-refractivity contribution is -0.137. The molecular formula is C24H26ClN3O3. The summed E-state index contributed by atoms with van der Waals surface area (Å²) >= 11 is 5.97. The lowest BCUT2D eigenvalue weighted by atomic mass is 10.0. The molecule has 6 nitrogen and oxygen atoms in total. The van der Waals surface area contributed by atoms with Gasteiger partial charge in [0.1, 0.15) is 11.4 Å². The second-order valence-corrected chi connectivity index (χ2v) is 8.29. The first-order valence-corrected chi connectivity index (χ1v) is 10.8. The van der Waals surface area contributed by atoms with Crippen molar-refractivity contribution >= 4 is 29.0 Å². The molecule has 2 amide bonds. The SMILES string of the molecule is COc1ccccc1C1=C(N2CCN(C)CC2)C(=O)N(CCc2ccc(Cl)cc2)C1=O. The number of ether oxygens (including phenoxy) is 1. The highest BCUT2D eigenvalue weighted by atomic mass is 35.5. The monoisotopic (exact) mass is 439 g/mol. The second-order valence-electron chi connectivity index (χ2n) is 7.85. The summed E-state index contributed by atoms with van der Waals surface area (Å²) < 4.78 is 5.51. The van der Waals surface area contributed by atoms with Crippen molar-refractivity contribution in [2.45, 2.75) is 6.42 Å². The van der Waals surface area contributed by atoms with Crippen LogP contribution in [0.25, 0.3) is 5.57 Å². The van der Waals surface area contributed by atoms with Gasteiger partial charge in [0.05, 0.1) is 12.7 Å². The number of hydrogen-bond donors (Lipinski definition) is 0. The number of rotatable bonds is 6. The van der Waals surface area contributed by atoms with Gasteiger partial charge >= 0.3 is 0 Å². The summed E-state index contributed by atoms with van der Waals surface area (Å²) in [6.45, 7) is 3.40. The van der Waals surface area contributed by atoms with E-state index in [0.717, 1.165) is 18.7 Å². The molecule has 162 valence electrons. The zero-order valence-electron chi connectivity index (χ0n) is 17.8. The van der Waals surface area contributed by atoms with Gasteiger partial charge in [-0.05, 0) is 37.2 Å². The number of carbonyl (C=O) groups excluding carboxylic acids is 2. The van der Waals surface area contributed by atoms with Gasteiger partial charge in [0.25, 0.3) is 11.8 Å². The smallest absolute Gasteiger partial charge is 0.277 e. The molecule has 0 radical (unpaired) electrons. The molecule has 0 atom stereocenters. The van der Waals surface area contributed by atoms with Crippen LogP contribution in [0.5, 0.6) is 5.75 Å². The van der Waals surface area contributed by atoms with Crippen LogP contribution in [0.15, 0.2) is 54.2 Å². The third-order valence-electron chi connectivity index (χ3n) is 5.88. The van der Waals surface area contributed by atoms with E-state index in [0.29, 0.717) is 53.7 Å². The maximum absolute atomic E-state index is 13.5. The number of methoxy groups -OCH3 is 1. The Morgan fingerprint density at radius 1 is 0.935 bits per heavy atom. The summed E-state index contributed by atoms with van der Waals surface area (Å²) in [5, 5.41) is 0.662. The van der Waals surface area contributed by atoms with Crippen molar-refractivity contribution in [1.29, 1.82) is 0 Å². The minimum atomic E-state index is -0.266. The summed E-state index contributed by atoms with van der Waals surface area (Å²) in [6.07, 6.45) is 0.573. The van der Waals surface area contributed by atoms with Crippen LogP contribution < -0.4 is 4.74 Å². The predicted octanol–water partition coefficient (Wildman–Crippen LogP) is 2.92. The van der Waals surface area contributed by atoms with E-state index in [4.69, 9.17) is 16.3 Å². The Kier molecular flexibility index (Phi) is 6.30. The first kappa shape index (κ1) is 21.4. The van der Waals surface area contributed by atoms with Crippen LogP contribution in [0, 0.1) is 0 Å². The van der Waals surface area contributed by atoms with Crippen LogP contribution >= 0.6 is 11.6 Å². The van der Waals surface area contributed by atoms with E-state index in [9.17, 15) is 9.59 Å². The van der Waals surface area contributed by atoms with Gasteiger partial charge in [0.2, 0.25) is 0 Å². The van der Waals surface area contributed by atoms with Crippen LogP contribution in [0.1, 0.15) is 11.1 Å². The second kappa shape index (κ2) is 9.12. The van der Waals surface area contributed by atoms with Crippen LogP contribution in [-0.2, 0) is 16.0 Å². The van der Waals surface area contributed by atoms with E-state index < -0.39 is 0 Å². The fraction of sp³-hybridized carbons (Fsp3) is 0.333. The largest absolute Gasteiger partial charge is 0.496 e. The highest BCUT2D eigenvalue weighted by Crippen LogP contribution is 2.36. The van der Waals surface area contributed by atoms with Crippen molar-refractivity contribution in [2.24, 2.45) is 0 Å². The third-order valence-corrected chi connectivity index (χ3v) is 6.13. The molecule has 1 saturated heterocycles. The number of piperazine rings is 1. The van der Waals surface area contributed by atoms with E-state index in [1.54, 1.807) is 7.11 Å². The molecule has 0 saturated carbocycles. The molecule has 7 heteroatoms. The average molecular weight is 440 g/mol. The molecule has 2 aromatic rings. The van der Waals surface area contributed by atoms with Gasteiger partial charge < -0.3 is 14.5 Å². The molecule has 2 aliphatic heterocycles. The molecule has 1 fully saturated rings. The molecular weight excluding hydrogens is 414 g/mol. The van der Waals surface area contributed by atoms with Crippen molar-refractivity contribution in [1.82, 2.24) is 14.7 Å². The number of hydrogen-bond acceptors (Lipinski definition) is 5. The maximum atomic E-state index is 13.5. The van der Waals surface area contributed by atoms with Crippen molar-refractivity contribution < 1.29 is 14.3 Å². The third kappa shape index (κ3) is 4.31. The predicted molar refractivity (Wildman–Crippen MR) is 121 cm³/mol. The first-order valence-electron chi connectivity index (χ1n) is 10.4. The number of amides is 2. The number of likely N-dealkylation sites (N-methyl/N-ethyl adjacent to an activating group) is 1. The number of nitrogens with zero attached hydrogens (tertiary/aromatic N) is 3. The van der Waals surface area contributed by atoms with Gasteiger partial charge in [0.15, 0.2) is 0 Å². The summed E-state index contributed by atoms with van der Waals surface area (Å²) in [6, 6.07) is 14.9. The number of carbonyl (C=O) groups is 2. The molecule has 0 bridgehead atoms. The fourth-order valence-electron chi connectivity index (χ4n) is 4.08. The zero-order chi connectivity index (χ0) is 22.0. The number of halogens is 1. The Bertz CT molecular complexity index is 1010. The number of para-hydroxylation sites is 1. The van der Waals surface area contributed by atoms with E-state index >= 15 is 0 Å². The summed E-state index contributed by atoms with van der Waals surface area (Å²) in [5.41, 5.74) is 2.60. The first-order chi connectivity index (χ1) is 15.0. The van der Waals surface area contributed by atoms with Crippen molar-refractivity contribution in [2.75, 3.05) is 46.9 Å². The van der Waals surface area contributed by atoms with Crippen LogP contribution in [0.3, 0.4) is 0 Å². The molecule has 2 aromatic carbocycles. The summed E-state index contributed by atoms with van der Waals surface area (Å²) in [7, 11) is 3.64. The Morgan fingerprint density at radius 3 is 2.29 bits per heavy atom. The number of benzene rings is 2. The molecule has 0 aromatic heterocycles. The molecule has 0 aliphatic carbocycles. The van der Waals surface area contributed by atoms with Gasteiger partial charge in [-0.25, -0.2) is 0 Å². The Labute approximate surface area is 187 Å². The van der Waals surface area contributed by atoms with Gasteiger partial charge in [-0.1, -0.05) is 41.9 Å². The molecule has 4 rings (SSSR count). The maximum Gasteiger partial charge on any atom is 0.277 e. The van der Waals surface area contributed by atoms with Gasteiger partial charge in [0, 0.05) is 43.3 Å². The molecule has 31 heavy (non-hydrogen) atoms. The fourth-order valence-corrected chi connectivity index (χ4v) is 4.20. The quantitative estimate of drug-likeness (QED) is 0.648. The topological polar surface area (TPSA) is 53.1 Å².